The summed E-state index contributed by atoms with van der Waals surface area (Å²) in [6.45, 7) is 5.43. The van der Waals surface area contributed by atoms with Crippen LogP contribution < -0.4 is 0 Å². The van der Waals surface area contributed by atoms with E-state index in [1.54, 1.807) is 18.2 Å². The Morgan fingerprint density at radius 3 is 2.64 bits per heavy atom. The van der Waals surface area contributed by atoms with E-state index in [1.807, 2.05) is 39.0 Å². The second-order valence-corrected chi connectivity index (χ2v) is 7.32. The van der Waals surface area contributed by atoms with Crippen LogP contribution in [-0.4, -0.2) is 32.8 Å². The van der Waals surface area contributed by atoms with Gasteiger partial charge in [0.1, 0.15) is 5.60 Å². The summed E-state index contributed by atoms with van der Waals surface area (Å²) in [5, 5.41) is 0.424. The first kappa shape index (κ1) is 17.3. The number of ether oxygens (including phenoxy) is 1. The molecule has 0 atom stereocenters. The van der Waals surface area contributed by atoms with Gasteiger partial charge in [-0.3, -0.25) is 14.2 Å². The number of aromatic nitrogens is 2. The molecule has 25 heavy (non-hydrogen) atoms. The molecule has 0 aliphatic carbocycles. The van der Waals surface area contributed by atoms with Gasteiger partial charge in [-0.05, 0) is 45.0 Å². The number of hydrogen-bond acceptors (Lipinski definition) is 6. The molecule has 0 radical (unpaired) electrons. The number of imidazole rings is 1. The summed E-state index contributed by atoms with van der Waals surface area (Å²) in [6.07, 6.45) is 1.44. The van der Waals surface area contributed by atoms with Crippen LogP contribution >= 0.6 is 11.8 Å². The van der Waals surface area contributed by atoms with Gasteiger partial charge in [-0.2, -0.15) is 0 Å². The van der Waals surface area contributed by atoms with Crippen molar-refractivity contribution in [3.63, 3.8) is 0 Å². The van der Waals surface area contributed by atoms with Gasteiger partial charge < -0.3 is 9.15 Å². The second kappa shape index (κ2) is 6.76. The minimum absolute atomic E-state index is 0.0615. The molecular formula is C18H18N2O4S. The van der Waals surface area contributed by atoms with Gasteiger partial charge in [0.2, 0.25) is 0 Å². The Hall–Kier alpha value is -2.54. The average Bonchev–Trinajstić information content (AvgIpc) is 3.18. The molecule has 130 valence electrons. The fourth-order valence-electron chi connectivity index (χ4n) is 2.30. The van der Waals surface area contributed by atoms with Gasteiger partial charge in [-0.15, -0.1) is 0 Å². The Bertz CT molecular complexity index is 907. The second-order valence-electron chi connectivity index (χ2n) is 6.38. The first-order chi connectivity index (χ1) is 11.8. The molecule has 3 rings (SSSR count). The van der Waals surface area contributed by atoms with Gasteiger partial charge in [-0.1, -0.05) is 23.9 Å². The molecule has 6 nitrogen and oxygen atoms in total. The molecule has 0 bridgehead atoms. The number of furan rings is 1. The molecular weight excluding hydrogens is 340 g/mol. The molecule has 1 aromatic carbocycles. The lowest BCUT2D eigenvalue weighted by Gasteiger charge is -2.19. The largest absolute Gasteiger partial charge is 0.459 e. The zero-order valence-electron chi connectivity index (χ0n) is 14.2. The molecule has 0 unspecified atom stereocenters. The summed E-state index contributed by atoms with van der Waals surface area (Å²) in [5.74, 6) is -0.416. The fraction of sp³-hybridized carbons (Fsp3) is 0.278. The van der Waals surface area contributed by atoms with Crippen LogP contribution in [0.4, 0.5) is 0 Å². The van der Waals surface area contributed by atoms with Crippen LogP contribution in [0.3, 0.4) is 0 Å². The normalized spacial score (nSPS) is 11.6. The summed E-state index contributed by atoms with van der Waals surface area (Å²) in [4.78, 5) is 29.2. The van der Waals surface area contributed by atoms with E-state index in [1.165, 1.54) is 10.8 Å². The zero-order valence-corrected chi connectivity index (χ0v) is 15.0. The number of thioether (sulfide) groups is 1. The molecule has 2 aromatic heterocycles. The van der Waals surface area contributed by atoms with Crippen LogP contribution in [-0.2, 0) is 9.53 Å². The predicted molar refractivity (Wildman–Crippen MR) is 94.7 cm³/mol. The van der Waals surface area contributed by atoms with Crippen LogP contribution in [0.1, 0.15) is 31.3 Å². The van der Waals surface area contributed by atoms with Crippen molar-refractivity contribution in [3.8, 4) is 0 Å². The van der Waals surface area contributed by atoms with Gasteiger partial charge in [0.05, 0.1) is 23.0 Å². The minimum atomic E-state index is -0.554. The van der Waals surface area contributed by atoms with Crippen molar-refractivity contribution in [1.82, 2.24) is 9.55 Å². The lowest BCUT2D eigenvalue weighted by atomic mass is 10.2. The molecule has 2 heterocycles. The smallest absolute Gasteiger partial charge is 0.316 e. The molecule has 0 saturated carbocycles. The maximum atomic E-state index is 12.8. The van der Waals surface area contributed by atoms with E-state index >= 15 is 0 Å². The van der Waals surface area contributed by atoms with Crippen molar-refractivity contribution in [3.05, 3.63) is 48.4 Å². The van der Waals surface area contributed by atoms with Gasteiger partial charge in [0, 0.05) is 0 Å². The van der Waals surface area contributed by atoms with Crippen LogP contribution in [0.25, 0.3) is 11.0 Å². The third-order valence-electron chi connectivity index (χ3n) is 3.20. The molecule has 0 amide bonds. The molecule has 0 aliphatic heterocycles. The number of carbonyl (C=O) groups is 2. The summed E-state index contributed by atoms with van der Waals surface area (Å²) in [5.41, 5.74) is 0.784. The van der Waals surface area contributed by atoms with E-state index in [0.29, 0.717) is 16.2 Å². The Labute approximate surface area is 149 Å². The highest BCUT2D eigenvalue weighted by atomic mass is 32.2. The predicted octanol–water partition coefficient (Wildman–Crippen LogP) is 3.75. The van der Waals surface area contributed by atoms with Gasteiger partial charge in [-0.25, -0.2) is 4.98 Å². The van der Waals surface area contributed by atoms with Crippen LogP contribution in [0.15, 0.2) is 52.2 Å². The number of para-hydroxylation sites is 2. The van der Waals surface area contributed by atoms with Gasteiger partial charge in [0.25, 0.3) is 5.91 Å². The zero-order chi connectivity index (χ0) is 18.0. The molecule has 0 saturated heterocycles. The number of fused-ring (bicyclic) bond motifs is 1. The molecule has 0 aliphatic rings. The molecule has 0 spiro atoms. The van der Waals surface area contributed by atoms with Crippen molar-refractivity contribution in [1.29, 1.82) is 0 Å². The average molecular weight is 358 g/mol. The number of nitrogens with zero attached hydrogens (tertiary/aromatic N) is 2. The number of hydrogen-bond donors (Lipinski definition) is 0. The first-order valence-electron chi connectivity index (χ1n) is 7.75. The maximum Gasteiger partial charge on any atom is 0.316 e. The van der Waals surface area contributed by atoms with E-state index < -0.39 is 5.60 Å². The van der Waals surface area contributed by atoms with Gasteiger partial charge in [0.15, 0.2) is 10.9 Å². The Balaban J connectivity index is 1.91. The third kappa shape index (κ3) is 3.93. The highest BCUT2D eigenvalue weighted by Gasteiger charge is 2.22. The molecule has 7 heteroatoms. The topological polar surface area (TPSA) is 74.3 Å². The van der Waals surface area contributed by atoms with E-state index in [2.05, 4.69) is 4.98 Å². The van der Waals surface area contributed by atoms with E-state index in [9.17, 15) is 9.59 Å². The maximum absolute atomic E-state index is 12.8. The van der Waals surface area contributed by atoms with Crippen molar-refractivity contribution in [2.24, 2.45) is 0 Å². The highest BCUT2D eigenvalue weighted by Crippen LogP contribution is 2.26. The standard InChI is InChI=1S/C18H18N2O4S/c1-18(2,3)24-15(21)11-25-17-19-12-7-4-5-8-13(12)20(17)16(22)14-9-6-10-23-14/h4-10H,11H2,1-3H3. The molecule has 0 N–H and O–H groups in total. The molecule has 0 fully saturated rings. The van der Waals surface area contributed by atoms with Crippen molar-refractivity contribution in [2.45, 2.75) is 31.5 Å². The number of esters is 1. The summed E-state index contributed by atoms with van der Waals surface area (Å²) in [7, 11) is 0. The Kier molecular flexibility index (Phi) is 4.67. The lowest BCUT2D eigenvalue weighted by molar-refractivity contribution is -0.151. The lowest BCUT2D eigenvalue weighted by Crippen LogP contribution is -2.25. The third-order valence-corrected chi connectivity index (χ3v) is 4.12. The van der Waals surface area contributed by atoms with E-state index in [-0.39, 0.29) is 23.4 Å². The van der Waals surface area contributed by atoms with Gasteiger partial charge >= 0.3 is 5.97 Å². The first-order valence-corrected chi connectivity index (χ1v) is 8.74. The summed E-state index contributed by atoms with van der Waals surface area (Å²) < 4.78 is 12.0. The van der Waals surface area contributed by atoms with Crippen LogP contribution in [0, 0.1) is 0 Å². The Morgan fingerprint density at radius 2 is 1.96 bits per heavy atom. The quantitative estimate of drug-likeness (QED) is 0.522. The molecule has 3 aromatic rings. The van der Waals surface area contributed by atoms with Crippen LogP contribution in [0.2, 0.25) is 0 Å². The van der Waals surface area contributed by atoms with E-state index in [4.69, 9.17) is 9.15 Å². The van der Waals surface area contributed by atoms with Crippen LogP contribution in [0.5, 0.6) is 0 Å². The van der Waals surface area contributed by atoms with Crippen molar-refractivity contribution < 1.29 is 18.7 Å². The number of carbonyl (C=O) groups excluding carboxylic acids is 2. The summed E-state index contributed by atoms with van der Waals surface area (Å²) >= 11 is 1.16. The Morgan fingerprint density at radius 1 is 1.20 bits per heavy atom. The number of benzene rings is 1. The monoisotopic (exact) mass is 358 g/mol. The highest BCUT2D eigenvalue weighted by molar-refractivity contribution is 7.99. The van der Waals surface area contributed by atoms with Crippen molar-refractivity contribution >= 4 is 34.7 Å². The number of rotatable bonds is 4. The summed E-state index contributed by atoms with van der Waals surface area (Å²) in [6, 6.07) is 10.6. The van der Waals surface area contributed by atoms with E-state index in [0.717, 1.165) is 11.8 Å². The minimum Gasteiger partial charge on any atom is -0.459 e. The van der Waals surface area contributed by atoms with Crippen molar-refractivity contribution in [2.75, 3.05) is 5.75 Å². The fourth-order valence-corrected chi connectivity index (χ4v) is 3.08. The SMILES string of the molecule is CC(C)(C)OC(=O)CSc1nc2ccccc2n1C(=O)c1ccco1.